The number of amides is 2. The number of aromatic nitrogens is 2. The second-order valence-corrected chi connectivity index (χ2v) is 7.98. The third-order valence-corrected chi connectivity index (χ3v) is 6.12. The van der Waals surface area contributed by atoms with Crippen LogP contribution in [0.1, 0.15) is 65.9 Å². The maximum Gasteiger partial charge on any atom is 0.286 e. The average molecular weight is 387 g/mol. The predicted molar refractivity (Wildman–Crippen MR) is 107 cm³/mol. The molecule has 27 heavy (non-hydrogen) atoms. The van der Waals surface area contributed by atoms with Gasteiger partial charge in [0.2, 0.25) is 10.9 Å². The standard InChI is InChI=1S/C20H26N4O2S/c1-4-14(5-2)20(26)24-12-6-7-16(24)18-22-23-19(27-18)17(25)21-15-10-8-13(3)9-11-15/h8-11,14,16H,4-7,12H2,1-3H3,(H,21,25)/t16-/m1/s1. The number of aryl methyl sites for hydroxylation is 1. The molecule has 1 aromatic heterocycles. The highest BCUT2D eigenvalue weighted by Gasteiger charge is 2.35. The van der Waals surface area contributed by atoms with Crippen LogP contribution in [-0.2, 0) is 4.79 Å². The summed E-state index contributed by atoms with van der Waals surface area (Å²) in [5.74, 6) is -0.00958. The van der Waals surface area contributed by atoms with Gasteiger partial charge in [-0.05, 0) is 44.7 Å². The zero-order valence-corrected chi connectivity index (χ0v) is 16.9. The van der Waals surface area contributed by atoms with E-state index in [1.807, 2.05) is 36.1 Å². The molecular weight excluding hydrogens is 360 g/mol. The molecule has 2 heterocycles. The third-order valence-electron chi connectivity index (χ3n) is 5.10. The van der Waals surface area contributed by atoms with Gasteiger partial charge in [0.05, 0.1) is 6.04 Å². The summed E-state index contributed by atoms with van der Waals surface area (Å²) in [5.41, 5.74) is 1.86. The lowest BCUT2D eigenvalue weighted by molar-refractivity contribution is -0.136. The summed E-state index contributed by atoms with van der Waals surface area (Å²) in [6.07, 6.45) is 3.53. The highest BCUT2D eigenvalue weighted by molar-refractivity contribution is 7.13. The van der Waals surface area contributed by atoms with Crippen molar-refractivity contribution in [1.29, 1.82) is 0 Å². The maximum atomic E-state index is 12.8. The summed E-state index contributed by atoms with van der Waals surface area (Å²) in [4.78, 5) is 27.2. The van der Waals surface area contributed by atoms with Gasteiger partial charge in [0.1, 0.15) is 5.01 Å². The number of nitrogens with zero attached hydrogens (tertiary/aromatic N) is 3. The van der Waals surface area contributed by atoms with Crippen LogP contribution in [-0.4, -0.2) is 33.5 Å². The molecule has 6 nitrogen and oxygen atoms in total. The molecule has 0 aliphatic carbocycles. The Balaban J connectivity index is 1.71. The number of benzene rings is 1. The van der Waals surface area contributed by atoms with Crippen molar-refractivity contribution < 1.29 is 9.59 Å². The Morgan fingerprint density at radius 2 is 1.93 bits per heavy atom. The number of hydrogen-bond acceptors (Lipinski definition) is 5. The summed E-state index contributed by atoms with van der Waals surface area (Å²) in [6, 6.07) is 7.56. The fourth-order valence-corrected chi connectivity index (χ4v) is 4.33. The molecule has 1 N–H and O–H groups in total. The number of anilines is 1. The second-order valence-electron chi connectivity index (χ2n) is 6.97. The summed E-state index contributed by atoms with van der Waals surface area (Å²) in [5, 5.41) is 12.2. The monoisotopic (exact) mass is 386 g/mol. The Morgan fingerprint density at radius 3 is 2.59 bits per heavy atom. The van der Waals surface area contributed by atoms with Crippen LogP contribution < -0.4 is 5.32 Å². The topological polar surface area (TPSA) is 75.2 Å². The average Bonchev–Trinajstić information content (AvgIpc) is 3.33. The van der Waals surface area contributed by atoms with Crippen LogP contribution in [0.2, 0.25) is 0 Å². The molecule has 1 aromatic carbocycles. The number of nitrogens with one attached hydrogen (secondary N) is 1. The largest absolute Gasteiger partial charge is 0.333 e. The fraction of sp³-hybridized carbons (Fsp3) is 0.500. The highest BCUT2D eigenvalue weighted by atomic mass is 32.1. The van der Waals surface area contributed by atoms with E-state index in [2.05, 4.69) is 29.4 Å². The minimum atomic E-state index is -0.265. The first-order valence-electron chi connectivity index (χ1n) is 9.55. The minimum Gasteiger partial charge on any atom is -0.333 e. The Kier molecular flexibility index (Phi) is 6.21. The van der Waals surface area contributed by atoms with E-state index in [0.29, 0.717) is 5.01 Å². The normalized spacial score (nSPS) is 16.7. The van der Waals surface area contributed by atoms with Crippen LogP contribution in [0.3, 0.4) is 0 Å². The molecule has 1 fully saturated rings. The summed E-state index contributed by atoms with van der Waals surface area (Å²) < 4.78 is 0. The van der Waals surface area contributed by atoms with Crippen molar-refractivity contribution in [3.63, 3.8) is 0 Å². The Labute approximate surface area is 164 Å². The van der Waals surface area contributed by atoms with Gasteiger partial charge in [-0.25, -0.2) is 0 Å². The molecule has 3 rings (SSSR count). The van der Waals surface area contributed by atoms with Gasteiger partial charge in [-0.2, -0.15) is 0 Å². The lowest BCUT2D eigenvalue weighted by Crippen LogP contribution is -2.35. The van der Waals surface area contributed by atoms with E-state index in [4.69, 9.17) is 0 Å². The summed E-state index contributed by atoms with van der Waals surface area (Å²) in [6.45, 7) is 6.86. The van der Waals surface area contributed by atoms with Crippen molar-refractivity contribution in [1.82, 2.24) is 15.1 Å². The van der Waals surface area contributed by atoms with Crippen molar-refractivity contribution in [2.75, 3.05) is 11.9 Å². The summed E-state index contributed by atoms with van der Waals surface area (Å²) >= 11 is 1.28. The second kappa shape index (κ2) is 8.61. The number of hydrogen-bond donors (Lipinski definition) is 1. The van der Waals surface area contributed by atoms with Crippen LogP contribution in [0.15, 0.2) is 24.3 Å². The first-order chi connectivity index (χ1) is 13.0. The van der Waals surface area contributed by atoms with E-state index < -0.39 is 0 Å². The Morgan fingerprint density at radius 1 is 1.22 bits per heavy atom. The van der Waals surface area contributed by atoms with E-state index >= 15 is 0 Å². The molecule has 0 saturated carbocycles. The van der Waals surface area contributed by atoms with E-state index in [9.17, 15) is 9.59 Å². The minimum absolute atomic E-state index is 0.0582. The highest BCUT2D eigenvalue weighted by Crippen LogP contribution is 2.35. The lowest BCUT2D eigenvalue weighted by atomic mass is 10.0. The molecule has 0 bridgehead atoms. The zero-order chi connectivity index (χ0) is 19.4. The molecule has 0 unspecified atom stereocenters. The molecule has 7 heteroatoms. The van der Waals surface area contributed by atoms with Crippen LogP contribution >= 0.6 is 11.3 Å². The van der Waals surface area contributed by atoms with Crippen LogP contribution in [0.25, 0.3) is 0 Å². The molecule has 1 atom stereocenters. The zero-order valence-electron chi connectivity index (χ0n) is 16.1. The summed E-state index contributed by atoms with van der Waals surface area (Å²) in [7, 11) is 0. The Bertz CT molecular complexity index is 799. The first kappa shape index (κ1) is 19.5. The number of carbonyl (C=O) groups excluding carboxylic acids is 2. The number of likely N-dealkylation sites (tertiary alicyclic amines) is 1. The van der Waals surface area contributed by atoms with Gasteiger partial charge in [0.15, 0.2) is 0 Å². The van der Waals surface area contributed by atoms with Crippen molar-refractivity contribution in [2.45, 2.75) is 52.5 Å². The molecule has 0 spiro atoms. The van der Waals surface area contributed by atoms with Gasteiger partial charge < -0.3 is 10.2 Å². The quantitative estimate of drug-likeness (QED) is 0.807. The molecule has 1 aliphatic heterocycles. The van der Waals surface area contributed by atoms with E-state index in [0.717, 1.165) is 48.5 Å². The van der Waals surface area contributed by atoms with Gasteiger partial charge in [0, 0.05) is 18.2 Å². The van der Waals surface area contributed by atoms with E-state index in [-0.39, 0.29) is 23.8 Å². The van der Waals surface area contributed by atoms with Crippen LogP contribution in [0, 0.1) is 12.8 Å². The smallest absolute Gasteiger partial charge is 0.286 e. The third kappa shape index (κ3) is 4.35. The van der Waals surface area contributed by atoms with Crippen molar-refractivity contribution in [2.24, 2.45) is 5.92 Å². The lowest BCUT2D eigenvalue weighted by Gasteiger charge is -2.26. The number of carbonyl (C=O) groups is 2. The Hall–Kier alpha value is -2.28. The van der Waals surface area contributed by atoms with Crippen molar-refractivity contribution in [3.05, 3.63) is 39.8 Å². The van der Waals surface area contributed by atoms with Gasteiger partial charge in [-0.15, -0.1) is 10.2 Å². The molecule has 2 amide bonds. The first-order valence-corrected chi connectivity index (χ1v) is 10.4. The van der Waals surface area contributed by atoms with Crippen LogP contribution in [0.4, 0.5) is 5.69 Å². The molecule has 1 aliphatic rings. The fourth-order valence-electron chi connectivity index (χ4n) is 3.44. The van der Waals surface area contributed by atoms with Gasteiger partial charge in [0.25, 0.3) is 5.91 Å². The number of rotatable bonds is 6. The van der Waals surface area contributed by atoms with Gasteiger partial charge >= 0.3 is 0 Å². The molecule has 1 saturated heterocycles. The maximum absolute atomic E-state index is 12.8. The van der Waals surface area contributed by atoms with Crippen LogP contribution in [0.5, 0.6) is 0 Å². The molecular formula is C20H26N4O2S. The van der Waals surface area contributed by atoms with Gasteiger partial charge in [-0.3, -0.25) is 9.59 Å². The van der Waals surface area contributed by atoms with Gasteiger partial charge in [-0.1, -0.05) is 42.9 Å². The molecule has 144 valence electrons. The van der Waals surface area contributed by atoms with E-state index in [1.54, 1.807) is 0 Å². The molecule has 0 radical (unpaired) electrons. The van der Waals surface area contributed by atoms with Crippen molar-refractivity contribution in [3.8, 4) is 0 Å². The molecule has 2 aromatic rings. The SMILES string of the molecule is CCC(CC)C(=O)N1CCC[C@@H]1c1nnc(C(=O)Nc2ccc(C)cc2)s1. The van der Waals surface area contributed by atoms with E-state index in [1.165, 1.54) is 11.3 Å². The predicted octanol–water partition coefficient (Wildman–Crippen LogP) is 4.20. The van der Waals surface area contributed by atoms with Crippen molar-refractivity contribution >= 4 is 28.8 Å².